The summed E-state index contributed by atoms with van der Waals surface area (Å²) in [7, 11) is 1.75. The molecule has 3 N–H and O–H groups in total. The largest absolute Gasteiger partial charge is 0.395 e. The minimum Gasteiger partial charge on any atom is -0.395 e. The van der Waals surface area contributed by atoms with Crippen molar-refractivity contribution in [1.29, 1.82) is 0 Å². The molecule has 2 aromatic rings. The predicted molar refractivity (Wildman–Crippen MR) is 81.4 cm³/mol. The number of hydrogen-bond acceptors (Lipinski definition) is 5. The van der Waals surface area contributed by atoms with Crippen LogP contribution < -0.4 is 5.32 Å². The van der Waals surface area contributed by atoms with Crippen molar-refractivity contribution in [3.8, 4) is 0 Å². The van der Waals surface area contributed by atoms with Crippen LogP contribution in [0.2, 0.25) is 0 Å². The van der Waals surface area contributed by atoms with E-state index >= 15 is 0 Å². The van der Waals surface area contributed by atoms with Crippen LogP contribution >= 0.6 is 0 Å². The minimum absolute atomic E-state index is 0.155. The molecule has 1 aromatic heterocycles. The Balaban J connectivity index is 2.43. The van der Waals surface area contributed by atoms with Gasteiger partial charge in [-0.2, -0.15) is 0 Å². The Labute approximate surface area is 123 Å². The second-order valence-electron chi connectivity index (χ2n) is 4.57. The van der Waals surface area contributed by atoms with E-state index in [2.05, 4.69) is 10.3 Å². The summed E-state index contributed by atoms with van der Waals surface area (Å²) in [5.74, 6) is 0.324. The van der Waals surface area contributed by atoms with Crippen LogP contribution in [0.3, 0.4) is 0 Å². The highest BCUT2D eigenvalue weighted by Gasteiger charge is 2.18. The van der Waals surface area contributed by atoms with Gasteiger partial charge in [0.15, 0.2) is 0 Å². The van der Waals surface area contributed by atoms with Crippen molar-refractivity contribution in [3.05, 3.63) is 36.0 Å². The molecule has 1 aromatic carbocycles. The Bertz CT molecular complexity index is 625. The molecule has 21 heavy (non-hydrogen) atoms. The molecule has 0 unspecified atom stereocenters. The lowest BCUT2D eigenvalue weighted by Gasteiger charge is -2.20. The first-order valence-corrected chi connectivity index (χ1v) is 6.79. The molecule has 1 amide bonds. The number of amides is 1. The van der Waals surface area contributed by atoms with Crippen LogP contribution in [-0.4, -0.2) is 59.4 Å². The summed E-state index contributed by atoms with van der Waals surface area (Å²) >= 11 is 0. The van der Waals surface area contributed by atoms with Crippen LogP contribution in [0, 0.1) is 0 Å². The van der Waals surface area contributed by atoms with Crippen molar-refractivity contribution in [2.75, 3.05) is 38.7 Å². The molecule has 0 bridgehead atoms. The average Bonchev–Trinajstić information content (AvgIpc) is 2.52. The van der Waals surface area contributed by atoms with Crippen LogP contribution in [0.1, 0.15) is 10.5 Å². The van der Waals surface area contributed by atoms with Gasteiger partial charge in [0.2, 0.25) is 0 Å². The molecular formula is C15H19N3O3. The fraction of sp³-hybridized carbons (Fsp3) is 0.333. The van der Waals surface area contributed by atoms with E-state index in [9.17, 15) is 4.79 Å². The number of benzene rings is 1. The van der Waals surface area contributed by atoms with Gasteiger partial charge in [0.1, 0.15) is 11.5 Å². The monoisotopic (exact) mass is 289 g/mol. The molecule has 0 radical (unpaired) electrons. The molecule has 0 aliphatic heterocycles. The van der Waals surface area contributed by atoms with Gasteiger partial charge in [-0.1, -0.05) is 24.3 Å². The molecule has 0 spiro atoms. The first kappa shape index (κ1) is 15.2. The zero-order valence-electron chi connectivity index (χ0n) is 11.9. The first-order chi connectivity index (χ1) is 10.2. The topological polar surface area (TPSA) is 85.7 Å². The lowest BCUT2D eigenvalue weighted by molar-refractivity contribution is 0.0679. The zero-order chi connectivity index (χ0) is 15.2. The van der Waals surface area contributed by atoms with E-state index in [-0.39, 0.29) is 32.2 Å². The molecule has 0 fully saturated rings. The Morgan fingerprint density at radius 2 is 1.90 bits per heavy atom. The van der Waals surface area contributed by atoms with E-state index in [1.54, 1.807) is 13.1 Å². The van der Waals surface area contributed by atoms with Crippen molar-refractivity contribution in [1.82, 2.24) is 9.88 Å². The summed E-state index contributed by atoms with van der Waals surface area (Å²) < 4.78 is 0. The van der Waals surface area contributed by atoms with Gasteiger partial charge in [0.05, 0.1) is 13.2 Å². The summed E-state index contributed by atoms with van der Waals surface area (Å²) in [6.45, 7) is 0.0297. The number of nitrogens with one attached hydrogen (secondary N) is 1. The molecular weight excluding hydrogens is 270 g/mol. The average molecular weight is 289 g/mol. The quantitative estimate of drug-likeness (QED) is 0.729. The standard InChI is InChI=1S/C15H19N3O3/c1-16-14-12-5-3-2-4-11(12)10-13(17-14)15(21)18(6-8-19)7-9-20/h2-5,10,19-20H,6-9H2,1H3,(H,16,17). The fourth-order valence-electron chi connectivity index (χ4n) is 2.22. The number of carbonyl (C=O) groups excluding carboxylic acids is 1. The number of aromatic nitrogens is 1. The molecule has 0 atom stereocenters. The second-order valence-corrected chi connectivity index (χ2v) is 4.57. The number of anilines is 1. The number of nitrogens with zero attached hydrogens (tertiary/aromatic N) is 2. The maximum atomic E-state index is 12.4. The van der Waals surface area contributed by atoms with Gasteiger partial charge in [-0.3, -0.25) is 4.79 Å². The van der Waals surface area contributed by atoms with E-state index in [0.717, 1.165) is 10.8 Å². The Morgan fingerprint density at radius 3 is 2.52 bits per heavy atom. The summed E-state index contributed by atoms with van der Waals surface area (Å²) in [5, 5.41) is 22.9. The molecule has 112 valence electrons. The Kier molecular flexibility index (Phi) is 5.08. The number of aliphatic hydroxyl groups is 2. The lowest BCUT2D eigenvalue weighted by atomic mass is 10.1. The minimum atomic E-state index is -0.305. The van der Waals surface area contributed by atoms with Gasteiger partial charge in [0, 0.05) is 25.5 Å². The van der Waals surface area contributed by atoms with Crippen LogP contribution in [0.15, 0.2) is 30.3 Å². The summed E-state index contributed by atoms with van der Waals surface area (Å²) in [6.07, 6.45) is 0. The van der Waals surface area contributed by atoms with Crippen molar-refractivity contribution in [2.45, 2.75) is 0 Å². The summed E-state index contributed by atoms with van der Waals surface area (Å²) in [5.41, 5.74) is 0.292. The molecule has 6 nitrogen and oxygen atoms in total. The van der Waals surface area contributed by atoms with Gasteiger partial charge in [-0.15, -0.1) is 0 Å². The highest BCUT2D eigenvalue weighted by Crippen LogP contribution is 2.22. The van der Waals surface area contributed by atoms with E-state index in [1.165, 1.54) is 4.90 Å². The number of fused-ring (bicyclic) bond motifs is 1. The van der Waals surface area contributed by atoms with Crippen LogP contribution in [0.4, 0.5) is 5.82 Å². The molecule has 6 heteroatoms. The van der Waals surface area contributed by atoms with Gasteiger partial charge < -0.3 is 20.4 Å². The third-order valence-corrected chi connectivity index (χ3v) is 3.22. The van der Waals surface area contributed by atoms with Crippen molar-refractivity contribution >= 4 is 22.5 Å². The van der Waals surface area contributed by atoms with Crippen molar-refractivity contribution in [2.24, 2.45) is 0 Å². The van der Waals surface area contributed by atoms with Gasteiger partial charge >= 0.3 is 0 Å². The number of pyridine rings is 1. The molecule has 2 rings (SSSR count). The second kappa shape index (κ2) is 7.01. The molecule has 0 aliphatic carbocycles. The summed E-state index contributed by atoms with van der Waals surface area (Å²) in [6, 6.07) is 9.38. The smallest absolute Gasteiger partial charge is 0.272 e. The Morgan fingerprint density at radius 1 is 1.24 bits per heavy atom. The van der Waals surface area contributed by atoms with Crippen LogP contribution in [-0.2, 0) is 0 Å². The highest BCUT2D eigenvalue weighted by atomic mass is 16.3. The first-order valence-electron chi connectivity index (χ1n) is 6.79. The van der Waals surface area contributed by atoms with Crippen molar-refractivity contribution < 1.29 is 15.0 Å². The SMILES string of the molecule is CNc1nc(C(=O)N(CCO)CCO)cc2ccccc12. The normalized spacial score (nSPS) is 10.6. The molecule has 1 heterocycles. The van der Waals surface area contributed by atoms with E-state index in [1.807, 2.05) is 24.3 Å². The van der Waals surface area contributed by atoms with E-state index in [0.29, 0.717) is 11.5 Å². The molecule has 0 saturated heterocycles. The number of rotatable bonds is 6. The zero-order valence-corrected chi connectivity index (χ0v) is 11.9. The van der Waals surface area contributed by atoms with Crippen molar-refractivity contribution in [3.63, 3.8) is 0 Å². The van der Waals surface area contributed by atoms with Gasteiger partial charge in [-0.05, 0) is 11.5 Å². The molecule has 0 aliphatic rings. The lowest BCUT2D eigenvalue weighted by Crippen LogP contribution is -2.36. The maximum Gasteiger partial charge on any atom is 0.272 e. The van der Waals surface area contributed by atoms with Crippen LogP contribution in [0.5, 0.6) is 0 Å². The Hall–Kier alpha value is -2.18. The van der Waals surface area contributed by atoms with Gasteiger partial charge in [-0.25, -0.2) is 4.98 Å². The predicted octanol–water partition coefficient (Wildman–Crippen LogP) is 0.703. The number of hydrogen-bond donors (Lipinski definition) is 3. The fourth-order valence-corrected chi connectivity index (χ4v) is 2.22. The number of carbonyl (C=O) groups is 1. The van der Waals surface area contributed by atoms with Gasteiger partial charge in [0.25, 0.3) is 5.91 Å². The van der Waals surface area contributed by atoms with E-state index < -0.39 is 0 Å². The molecule has 0 saturated carbocycles. The number of aliphatic hydroxyl groups excluding tert-OH is 2. The maximum absolute atomic E-state index is 12.4. The van der Waals surface area contributed by atoms with Crippen LogP contribution in [0.25, 0.3) is 10.8 Å². The third-order valence-electron chi connectivity index (χ3n) is 3.22. The highest BCUT2D eigenvalue weighted by molar-refractivity contribution is 6.00. The third kappa shape index (κ3) is 3.29. The van der Waals surface area contributed by atoms with E-state index in [4.69, 9.17) is 10.2 Å². The summed E-state index contributed by atoms with van der Waals surface area (Å²) in [4.78, 5) is 18.2.